The number of carbonyl (C=O) groups is 2. The molecule has 0 saturated carbocycles. The number of aliphatic hydroxyl groups excluding tert-OH is 1. The topological polar surface area (TPSA) is 63.6 Å². The second-order valence-corrected chi connectivity index (χ2v) is 7.09. The fourth-order valence-corrected chi connectivity index (χ4v) is 3.11. The van der Waals surface area contributed by atoms with Gasteiger partial charge in [0.05, 0.1) is 6.61 Å². The monoisotopic (exact) mass is 400 g/mol. The van der Waals surface area contributed by atoms with Gasteiger partial charge in [0, 0.05) is 28.9 Å². The number of ketones is 1. The number of Topliss-reactive ketones (excluding diaryl/α,β-unsaturated/α-hetero) is 1. The Morgan fingerprint density at radius 1 is 0.964 bits per heavy atom. The van der Waals surface area contributed by atoms with Crippen LogP contribution in [0, 0.1) is 0 Å². The van der Waals surface area contributed by atoms with Crippen molar-refractivity contribution in [3.8, 4) is 0 Å². The summed E-state index contributed by atoms with van der Waals surface area (Å²) >= 11 is 1.65. The van der Waals surface area contributed by atoms with Gasteiger partial charge in [0.25, 0.3) is 0 Å². The van der Waals surface area contributed by atoms with Gasteiger partial charge in [-0.25, -0.2) is 0 Å². The van der Waals surface area contributed by atoms with Crippen molar-refractivity contribution in [2.45, 2.75) is 42.4 Å². The zero-order valence-electron chi connectivity index (χ0n) is 16.5. The molecule has 0 atom stereocenters. The molecule has 0 aromatic heterocycles. The number of unbranched alkanes of at least 4 members (excludes halogenated alkanes) is 1. The van der Waals surface area contributed by atoms with E-state index in [1.165, 1.54) is 0 Å². The first-order valence-electron chi connectivity index (χ1n) is 9.26. The maximum atomic E-state index is 12.4. The van der Waals surface area contributed by atoms with Gasteiger partial charge in [0.1, 0.15) is 0 Å². The van der Waals surface area contributed by atoms with E-state index in [1.807, 2.05) is 49.4 Å². The Morgan fingerprint density at radius 3 is 2.18 bits per heavy atom. The molecule has 4 nitrogen and oxygen atoms in total. The van der Waals surface area contributed by atoms with Gasteiger partial charge in [0.2, 0.25) is 0 Å². The van der Waals surface area contributed by atoms with Crippen LogP contribution < -0.4 is 0 Å². The van der Waals surface area contributed by atoms with Crippen LogP contribution in [0.1, 0.15) is 43.0 Å². The summed E-state index contributed by atoms with van der Waals surface area (Å²) in [5.74, 6) is -0.398. The average Bonchev–Trinajstić information content (AvgIpc) is 2.74. The maximum Gasteiger partial charge on any atom is 0.306 e. The highest BCUT2D eigenvalue weighted by molar-refractivity contribution is 7.99. The lowest BCUT2D eigenvalue weighted by atomic mass is 10.0. The Kier molecular flexibility index (Phi) is 11.6. The van der Waals surface area contributed by atoms with Gasteiger partial charge in [-0.2, -0.15) is 0 Å². The van der Waals surface area contributed by atoms with Crippen molar-refractivity contribution in [1.82, 2.24) is 0 Å². The molecule has 1 N–H and O–H groups in total. The number of esters is 1. The van der Waals surface area contributed by atoms with Gasteiger partial charge in [0.15, 0.2) is 5.78 Å². The predicted octanol–water partition coefficient (Wildman–Crippen LogP) is 5.31. The molecule has 2 aromatic carbocycles. The summed E-state index contributed by atoms with van der Waals surface area (Å²) in [4.78, 5) is 26.3. The second-order valence-electron chi connectivity index (χ2n) is 5.95. The predicted molar refractivity (Wildman–Crippen MR) is 114 cm³/mol. The number of carbonyl (C=O) groups excluding carboxylic acids is 2. The van der Waals surface area contributed by atoms with Crippen LogP contribution in [-0.2, 0) is 9.53 Å². The van der Waals surface area contributed by atoms with Crippen molar-refractivity contribution in [3.05, 3.63) is 72.3 Å². The molecule has 0 aliphatic heterocycles. The highest BCUT2D eigenvalue weighted by Gasteiger charge is 2.13. The van der Waals surface area contributed by atoms with Gasteiger partial charge in [-0.15, -0.1) is 0 Å². The molecule has 2 rings (SSSR count). The molecule has 5 heteroatoms. The Hall–Kier alpha value is -2.37. The average molecular weight is 401 g/mol. The number of aliphatic hydroxyl groups is 1. The summed E-state index contributed by atoms with van der Waals surface area (Å²) in [7, 11) is 1.00. The van der Waals surface area contributed by atoms with E-state index in [2.05, 4.69) is 6.58 Å². The van der Waals surface area contributed by atoms with E-state index in [9.17, 15) is 9.59 Å². The molecular weight excluding hydrogens is 372 g/mol. The second kappa shape index (κ2) is 13.7. The molecule has 0 radical (unpaired) electrons. The Labute approximate surface area is 171 Å². The van der Waals surface area contributed by atoms with Gasteiger partial charge in [-0.05, 0) is 54.8 Å². The third-order valence-corrected chi connectivity index (χ3v) is 4.82. The van der Waals surface area contributed by atoms with Gasteiger partial charge in [-0.3, -0.25) is 9.59 Å². The quantitative estimate of drug-likeness (QED) is 0.253. The van der Waals surface area contributed by atoms with Crippen molar-refractivity contribution in [1.29, 1.82) is 0 Å². The third kappa shape index (κ3) is 8.55. The minimum atomic E-state index is -0.276. The minimum Gasteiger partial charge on any atom is -0.466 e. The summed E-state index contributed by atoms with van der Waals surface area (Å²) < 4.78 is 5.10. The zero-order chi connectivity index (χ0) is 20.8. The molecule has 0 aliphatic carbocycles. The number of hydrogen-bond acceptors (Lipinski definition) is 5. The van der Waals surface area contributed by atoms with Crippen molar-refractivity contribution in [2.75, 3.05) is 13.7 Å². The number of allylic oxidation sites excluding steroid dienone is 1. The van der Waals surface area contributed by atoms with Crippen LogP contribution in [0.3, 0.4) is 0 Å². The number of ether oxygens (including phenoxy) is 1. The van der Waals surface area contributed by atoms with E-state index in [-0.39, 0.29) is 18.2 Å². The summed E-state index contributed by atoms with van der Waals surface area (Å²) in [6.07, 6.45) is 2.36. The first-order chi connectivity index (χ1) is 13.6. The molecule has 28 heavy (non-hydrogen) atoms. The molecule has 0 spiro atoms. The van der Waals surface area contributed by atoms with E-state index in [4.69, 9.17) is 9.84 Å². The maximum absolute atomic E-state index is 12.4. The lowest BCUT2D eigenvalue weighted by Gasteiger charge is -2.07. The van der Waals surface area contributed by atoms with E-state index in [0.717, 1.165) is 29.7 Å². The highest BCUT2D eigenvalue weighted by Crippen LogP contribution is 2.27. The number of hydrogen-bond donors (Lipinski definition) is 1. The van der Waals surface area contributed by atoms with E-state index < -0.39 is 0 Å². The number of benzene rings is 2. The fourth-order valence-electron chi connectivity index (χ4n) is 2.27. The smallest absolute Gasteiger partial charge is 0.306 e. The van der Waals surface area contributed by atoms with Crippen molar-refractivity contribution in [3.63, 3.8) is 0 Å². The molecule has 0 aliphatic rings. The van der Waals surface area contributed by atoms with Gasteiger partial charge >= 0.3 is 5.97 Å². The van der Waals surface area contributed by atoms with Crippen LogP contribution in [-0.4, -0.2) is 30.6 Å². The van der Waals surface area contributed by atoms with Crippen LogP contribution in [0.25, 0.3) is 0 Å². The highest BCUT2D eigenvalue weighted by atomic mass is 32.2. The molecule has 0 amide bonds. The Morgan fingerprint density at radius 2 is 1.57 bits per heavy atom. The number of rotatable bonds is 10. The SMILES string of the molecule is C=C(CCC(=O)OCCCC)C(=O)c1ccc(Sc2ccccc2)cc1.CO. The van der Waals surface area contributed by atoms with Crippen LogP contribution in [0.5, 0.6) is 0 Å². The zero-order valence-corrected chi connectivity index (χ0v) is 17.3. The largest absolute Gasteiger partial charge is 0.466 e. The Balaban J connectivity index is 0.00000190. The lowest BCUT2D eigenvalue weighted by Crippen LogP contribution is -2.08. The van der Waals surface area contributed by atoms with Crippen LogP contribution in [0.15, 0.2) is 76.5 Å². The van der Waals surface area contributed by atoms with Crippen LogP contribution >= 0.6 is 11.8 Å². The molecule has 150 valence electrons. The molecule has 2 aromatic rings. The van der Waals surface area contributed by atoms with Crippen molar-refractivity contribution < 1.29 is 19.4 Å². The third-order valence-electron chi connectivity index (χ3n) is 3.81. The van der Waals surface area contributed by atoms with Crippen LogP contribution in [0.2, 0.25) is 0 Å². The first kappa shape index (κ1) is 23.7. The van der Waals surface area contributed by atoms with E-state index >= 15 is 0 Å². The molecule has 0 heterocycles. The van der Waals surface area contributed by atoms with Gasteiger partial charge in [-0.1, -0.05) is 49.9 Å². The summed E-state index contributed by atoms with van der Waals surface area (Å²) in [6, 6.07) is 17.5. The summed E-state index contributed by atoms with van der Waals surface area (Å²) in [6.45, 7) is 6.31. The molecule has 0 saturated heterocycles. The molecule has 0 unspecified atom stereocenters. The molecule has 0 fully saturated rings. The molecular formula is C23H28O4S. The summed E-state index contributed by atoms with van der Waals surface area (Å²) in [5.41, 5.74) is 1.02. The van der Waals surface area contributed by atoms with Crippen LogP contribution in [0.4, 0.5) is 0 Å². The lowest BCUT2D eigenvalue weighted by molar-refractivity contribution is -0.143. The summed E-state index contributed by atoms with van der Waals surface area (Å²) in [5, 5.41) is 7.00. The normalized spacial score (nSPS) is 9.82. The van der Waals surface area contributed by atoms with Crippen molar-refractivity contribution >= 4 is 23.5 Å². The standard InChI is InChI=1S/C22H24O3S.CH4O/c1-3-4-16-25-21(23)15-10-17(2)22(24)18-11-13-20(14-12-18)26-19-8-6-5-7-9-19;1-2/h5-9,11-14H,2-4,10,15-16H2,1H3;2H,1H3. The Bertz CT molecular complexity index is 739. The van der Waals surface area contributed by atoms with E-state index in [0.29, 0.717) is 24.2 Å². The first-order valence-corrected chi connectivity index (χ1v) is 10.1. The van der Waals surface area contributed by atoms with E-state index in [1.54, 1.807) is 23.9 Å². The van der Waals surface area contributed by atoms with Gasteiger partial charge < -0.3 is 9.84 Å². The molecule has 0 bridgehead atoms. The minimum absolute atomic E-state index is 0.123. The fraction of sp³-hybridized carbons (Fsp3) is 0.304. The van der Waals surface area contributed by atoms with Crippen molar-refractivity contribution in [2.24, 2.45) is 0 Å².